The minimum atomic E-state index is -0.442. The van der Waals surface area contributed by atoms with Crippen LogP contribution in [0.5, 0.6) is 0 Å². The molecule has 0 spiro atoms. The second-order valence-corrected chi connectivity index (χ2v) is 5.06. The quantitative estimate of drug-likeness (QED) is 0.717. The number of pyridine rings is 1. The van der Waals surface area contributed by atoms with Crippen LogP contribution >= 0.6 is 0 Å². The number of benzene rings is 1. The number of aromatic nitrogens is 3. The van der Waals surface area contributed by atoms with Crippen molar-refractivity contribution in [3.63, 3.8) is 0 Å². The number of nitrogens with one attached hydrogen (secondary N) is 2. The van der Waals surface area contributed by atoms with Gasteiger partial charge in [-0.2, -0.15) is 5.10 Å². The van der Waals surface area contributed by atoms with Crippen molar-refractivity contribution < 1.29 is 4.39 Å². The van der Waals surface area contributed by atoms with E-state index in [2.05, 4.69) is 20.5 Å². The van der Waals surface area contributed by atoms with E-state index in [9.17, 15) is 9.18 Å². The van der Waals surface area contributed by atoms with Gasteiger partial charge in [0.2, 0.25) is 0 Å². The van der Waals surface area contributed by atoms with Crippen LogP contribution in [-0.4, -0.2) is 15.2 Å². The summed E-state index contributed by atoms with van der Waals surface area (Å²) in [7, 11) is 0. The molecule has 6 heteroatoms. The number of hydrogen-bond donors (Lipinski definition) is 2. The number of halogens is 1. The molecule has 104 valence electrons. The highest BCUT2D eigenvalue weighted by Gasteiger charge is 2.24. The first-order valence-electron chi connectivity index (χ1n) is 6.59. The second kappa shape index (κ2) is 4.37. The third-order valence-corrected chi connectivity index (χ3v) is 3.76. The number of aromatic amines is 1. The lowest BCUT2D eigenvalue weighted by atomic mass is 9.94. The molecule has 0 aliphatic carbocycles. The summed E-state index contributed by atoms with van der Waals surface area (Å²) in [5.41, 5.74) is 2.03. The standard InChI is InChI=1S/C15H11FN4O/c16-9-5-10-14-12(6-9)18-11(8-1-3-17-4-2-8)7-13(14)19-20-15(10)21/h1-6,11,18H,7H2,(H,20,21). The molecule has 0 radical (unpaired) electrons. The van der Waals surface area contributed by atoms with Gasteiger partial charge in [-0.15, -0.1) is 0 Å². The molecule has 0 saturated heterocycles. The summed E-state index contributed by atoms with van der Waals surface area (Å²) < 4.78 is 13.7. The smallest absolute Gasteiger partial charge is 0.272 e. The first kappa shape index (κ1) is 12.0. The monoisotopic (exact) mass is 282 g/mol. The Kier molecular flexibility index (Phi) is 2.50. The van der Waals surface area contributed by atoms with E-state index >= 15 is 0 Å². The van der Waals surface area contributed by atoms with Crippen molar-refractivity contribution in [1.82, 2.24) is 15.2 Å². The van der Waals surface area contributed by atoms with Gasteiger partial charge in [-0.3, -0.25) is 9.78 Å². The number of rotatable bonds is 1. The van der Waals surface area contributed by atoms with E-state index in [1.165, 1.54) is 12.1 Å². The fourth-order valence-corrected chi connectivity index (χ4v) is 2.82. The molecule has 2 N–H and O–H groups in total. The van der Waals surface area contributed by atoms with Crippen LogP contribution in [0.25, 0.3) is 10.8 Å². The van der Waals surface area contributed by atoms with Gasteiger partial charge in [-0.05, 0) is 29.8 Å². The zero-order valence-electron chi connectivity index (χ0n) is 10.9. The van der Waals surface area contributed by atoms with Gasteiger partial charge in [-0.1, -0.05) is 0 Å². The maximum absolute atomic E-state index is 13.7. The van der Waals surface area contributed by atoms with Crippen molar-refractivity contribution in [2.75, 3.05) is 5.32 Å². The van der Waals surface area contributed by atoms with Gasteiger partial charge < -0.3 is 5.32 Å². The summed E-state index contributed by atoms with van der Waals surface area (Å²) in [5, 5.41) is 10.9. The Labute approximate surface area is 118 Å². The van der Waals surface area contributed by atoms with Crippen LogP contribution in [-0.2, 0) is 6.42 Å². The Balaban J connectivity index is 1.92. The van der Waals surface area contributed by atoms with Gasteiger partial charge in [-0.25, -0.2) is 9.49 Å². The van der Waals surface area contributed by atoms with Gasteiger partial charge in [0, 0.05) is 29.9 Å². The topological polar surface area (TPSA) is 70.7 Å². The average Bonchev–Trinajstić information content (AvgIpc) is 2.51. The maximum atomic E-state index is 13.7. The lowest BCUT2D eigenvalue weighted by Gasteiger charge is -2.26. The van der Waals surface area contributed by atoms with E-state index in [0.29, 0.717) is 22.9 Å². The number of H-pyrrole nitrogens is 1. The molecule has 3 aromatic rings. The Morgan fingerprint density at radius 1 is 1.24 bits per heavy atom. The van der Waals surface area contributed by atoms with Crippen LogP contribution < -0.4 is 10.9 Å². The zero-order chi connectivity index (χ0) is 14.4. The third-order valence-electron chi connectivity index (χ3n) is 3.76. The lowest BCUT2D eigenvalue weighted by molar-refractivity contribution is 0.628. The van der Waals surface area contributed by atoms with E-state index < -0.39 is 5.82 Å². The van der Waals surface area contributed by atoms with Crippen LogP contribution in [0.2, 0.25) is 0 Å². The summed E-state index contributed by atoms with van der Waals surface area (Å²) in [6.07, 6.45) is 4.05. The normalized spacial score (nSPS) is 16.7. The molecular formula is C15H11FN4O. The van der Waals surface area contributed by atoms with Gasteiger partial charge in [0.15, 0.2) is 0 Å². The molecule has 1 aromatic carbocycles. The Bertz CT molecular complexity index is 891. The van der Waals surface area contributed by atoms with Gasteiger partial charge in [0.25, 0.3) is 5.56 Å². The predicted octanol–water partition coefficient (Wildman–Crippen LogP) is 2.17. The second-order valence-electron chi connectivity index (χ2n) is 5.06. The summed E-state index contributed by atoms with van der Waals surface area (Å²) >= 11 is 0. The first-order valence-corrected chi connectivity index (χ1v) is 6.59. The van der Waals surface area contributed by atoms with Crippen molar-refractivity contribution in [3.8, 4) is 0 Å². The molecule has 4 rings (SSSR count). The summed E-state index contributed by atoms with van der Waals surface area (Å²) in [6.45, 7) is 0. The van der Waals surface area contributed by atoms with Crippen LogP contribution in [0.4, 0.5) is 10.1 Å². The molecule has 1 unspecified atom stereocenters. The minimum absolute atomic E-state index is 0.0242. The van der Waals surface area contributed by atoms with Crippen LogP contribution in [0.1, 0.15) is 17.3 Å². The summed E-state index contributed by atoms with van der Waals surface area (Å²) in [6, 6.07) is 6.44. The first-order chi connectivity index (χ1) is 10.2. The molecule has 2 aromatic heterocycles. The van der Waals surface area contributed by atoms with Crippen molar-refractivity contribution in [1.29, 1.82) is 0 Å². The van der Waals surface area contributed by atoms with Gasteiger partial charge >= 0.3 is 0 Å². The molecule has 1 aliphatic heterocycles. The Hall–Kier alpha value is -2.76. The number of nitrogens with zero attached hydrogens (tertiary/aromatic N) is 2. The van der Waals surface area contributed by atoms with E-state index in [0.717, 1.165) is 11.3 Å². The number of hydrogen-bond acceptors (Lipinski definition) is 4. The fraction of sp³-hybridized carbons (Fsp3) is 0.133. The SMILES string of the molecule is O=c1[nH]nc2c3c(cc(F)cc13)NC(c1ccncc1)C2. The van der Waals surface area contributed by atoms with Crippen molar-refractivity contribution >= 4 is 16.5 Å². The molecular weight excluding hydrogens is 271 g/mol. The predicted molar refractivity (Wildman–Crippen MR) is 76.6 cm³/mol. The highest BCUT2D eigenvalue weighted by Crippen LogP contribution is 2.35. The zero-order valence-corrected chi connectivity index (χ0v) is 10.9. The van der Waals surface area contributed by atoms with E-state index in [-0.39, 0.29) is 11.6 Å². The van der Waals surface area contributed by atoms with Gasteiger partial charge in [0.1, 0.15) is 5.82 Å². The van der Waals surface area contributed by atoms with Crippen LogP contribution in [0, 0.1) is 5.82 Å². The average molecular weight is 282 g/mol. The number of anilines is 1. The van der Waals surface area contributed by atoms with E-state index in [1.807, 2.05) is 12.1 Å². The summed E-state index contributed by atoms with van der Waals surface area (Å²) in [4.78, 5) is 15.8. The molecule has 1 aliphatic rings. The molecule has 3 heterocycles. The molecule has 1 atom stereocenters. The van der Waals surface area contributed by atoms with Crippen molar-refractivity contribution in [3.05, 3.63) is 64.1 Å². The molecule has 21 heavy (non-hydrogen) atoms. The fourth-order valence-electron chi connectivity index (χ4n) is 2.82. The highest BCUT2D eigenvalue weighted by atomic mass is 19.1. The highest BCUT2D eigenvalue weighted by molar-refractivity contribution is 5.96. The van der Waals surface area contributed by atoms with Crippen molar-refractivity contribution in [2.24, 2.45) is 0 Å². The van der Waals surface area contributed by atoms with Gasteiger partial charge in [0.05, 0.1) is 17.1 Å². The minimum Gasteiger partial charge on any atom is -0.377 e. The Morgan fingerprint density at radius 3 is 2.86 bits per heavy atom. The molecule has 0 bridgehead atoms. The molecule has 0 saturated carbocycles. The van der Waals surface area contributed by atoms with E-state index in [4.69, 9.17) is 0 Å². The molecule has 0 amide bonds. The third kappa shape index (κ3) is 1.87. The van der Waals surface area contributed by atoms with Crippen LogP contribution in [0.15, 0.2) is 41.5 Å². The lowest BCUT2D eigenvalue weighted by Crippen LogP contribution is -2.23. The maximum Gasteiger partial charge on any atom is 0.272 e. The van der Waals surface area contributed by atoms with Crippen molar-refractivity contribution in [2.45, 2.75) is 12.5 Å². The summed E-state index contributed by atoms with van der Waals surface area (Å²) in [5.74, 6) is -0.442. The largest absolute Gasteiger partial charge is 0.377 e. The molecule has 5 nitrogen and oxygen atoms in total. The van der Waals surface area contributed by atoms with Crippen LogP contribution in [0.3, 0.4) is 0 Å². The van der Waals surface area contributed by atoms with E-state index in [1.54, 1.807) is 12.4 Å². The Morgan fingerprint density at radius 2 is 2.05 bits per heavy atom. The molecule has 0 fully saturated rings.